The van der Waals surface area contributed by atoms with Crippen LogP contribution in [0.2, 0.25) is 0 Å². The fraction of sp³-hybridized carbons (Fsp3) is 0.750. The quantitative estimate of drug-likeness (QED) is 0.524. The van der Waals surface area contributed by atoms with E-state index in [1.165, 1.54) is 20.8 Å². The molecule has 1 aliphatic rings. The van der Waals surface area contributed by atoms with Gasteiger partial charge < -0.3 is 15.6 Å². The number of rotatable bonds is 1. The molecule has 3 atom stereocenters. The number of ether oxygens (including phenoxy) is 1. The smallest absolute Gasteiger partial charge is 0.312 e. The summed E-state index contributed by atoms with van der Waals surface area (Å²) in [4.78, 5) is 22.1. The highest BCUT2D eigenvalue weighted by Gasteiger charge is 2.62. The van der Waals surface area contributed by atoms with E-state index in [1.54, 1.807) is 0 Å². The van der Waals surface area contributed by atoms with E-state index in [0.29, 0.717) is 0 Å². The average molecular weight is 187 g/mol. The Labute approximate surface area is 75.9 Å². The second kappa shape index (κ2) is 2.45. The summed E-state index contributed by atoms with van der Waals surface area (Å²) in [7, 11) is 0. The molecule has 5 nitrogen and oxygen atoms in total. The van der Waals surface area contributed by atoms with Gasteiger partial charge in [-0.1, -0.05) is 0 Å². The standard InChI is InChI=1S/C8H13NO4/c1-4-5(10)13-8(3,6(9)11)7(4,2)12/h4,12H,1-3H3,(H2,9,11). The van der Waals surface area contributed by atoms with Crippen LogP contribution in [0.25, 0.3) is 0 Å². The number of nitrogens with two attached hydrogens (primary N) is 1. The van der Waals surface area contributed by atoms with Crippen molar-refractivity contribution < 1.29 is 19.4 Å². The molecule has 0 spiro atoms. The largest absolute Gasteiger partial charge is 0.446 e. The lowest BCUT2D eigenvalue weighted by Crippen LogP contribution is -2.57. The zero-order chi connectivity index (χ0) is 10.4. The maximum atomic E-state index is 11.1. The summed E-state index contributed by atoms with van der Waals surface area (Å²) < 4.78 is 4.77. The lowest BCUT2D eigenvalue weighted by atomic mass is 9.79. The predicted octanol–water partition coefficient (Wildman–Crippen LogP) is -0.826. The Morgan fingerprint density at radius 3 is 2.23 bits per heavy atom. The first-order chi connectivity index (χ1) is 5.73. The third kappa shape index (κ3) is 1.03. The molecule has 1 aliphatic heterocycles. The van der Waals surface area contributed by atoms with Crippen molar-refractivity contribution in [2.45, 2.75) is 32.0 Å². The monoisotopic (exact) mass is 187 g/mol. The zero-order valence-electron chi connectivity index (χ0n) is 7.83. The molecule has 13 heavy (non-hydrogen) atoms. The van der Waals surface area contributed by atoms with Crippen molar-refractivity contribution >= 4 is 11.9 Å². The number of carbonyl (C=O) groups is 2. The molecule has 0 aliphatic carbocycles. The number of hydrogen-bond donors (Lipinski definition) is 2. The number of hydrogen-bond acceptors (Lipinski definition) is 4. The normalized spacial score (nSPS) is 44.6. The van der Waals surface area contributed by atoms with Crippen molar-refractivity contribution in [3.05, 3.63) is 0 Å². The summed E-state index contributed by atoms with van der Waals surface area (Å²) in [5.41, 5.74) is 1.89. The van der Waals surface area contributed by atoms with Crippen LogP contribution in [0.1, 0.15) is 20.8 Å². The minimum atomic E-state index is -1.62. The molecule has 0 bridgehead atoms. The van der Waals surface area contributed by atoms with E-state index in [2.05, 4.69) is 0 Å². The van der Waals surface area contributed by atoms with Gasteiger partial charge in [0.15, 0.2) is 0 Å². The van der Waals surface area contributed by atoms with Crippen LogP contribution in [0.4, 0.5) is 0 Å². The zero-order valence-corrected chi connectivity index (χ0v) is 7.83. The van der Waals surface area contributed by atoms with Crippen LogP contribution in [0.5, 0.6) is 0 Å². The number of amides is 1. The van der Waals surface area contributed by atoms with E-state index in [-0.39, 0.29) is 0 Å². The molecule has 1 heterocycles. The summed E-state index contributed by atoms with van der Waals surface area (Å²) in [5.74, 6) is -2.19. The third-order valence-electron chi connectivity index (χ3n) is 2.94. The molecule has 0 aromatic rings. The molecule has 0 saturated carbocycles. The van der Waals surface area contributed by atoms with Crippen molar-refractivity contribution in [3.63, 3.8) is 0 Å². The van der Waals surface area contributed by atoms with Gasteiger partial charge in [-0.05, 0) is 20.8 Å². The van der Waals surface area contributed by atoms with Crippen LogP contribution < -0.4 is 5.73 Å². The minimum Gasteiger partial charge on any atom is -0.446 e. The van der Waals surface area contributed by atoms with Gasteiger partial charge in [0.2, 0.25) is 5.60 Å². The molecule has 3 N–H and O–H groups in total. The molecular formula is C8H13NO4. The number of carbonyl (C=O) groups excluding carboxylic acids is 2. The molecular weight excluding hydrogens is 174 g/mol. The van der Waals surface area contributed by atoms with Gasteiger partial charge in [-0.25, -0.2) is 0 Å². The number of aliphatic hydroxyl groups is 1. The van der Waals surface area contributed by atoms with Gasteiger partial charge in [-0.2, -0.15) is 0 Å². The Kier molecular flexibility index (Phi) is 1.88. The maximum Gasteiger partial charge on any atom is 0.312 e. The van der Waals surface area contributed by atoms with Crippen LogP contribution in [-0.2, 0) is 14.3 Å². The minimum absolute atomic E-state index is 0.605. The van der Waals surface area contributed by atoms with Crippen molar-refractivity contribution in [2.24, 2.45) is 11.7 Å². The maximum absolute atomic E-state index is 11.1. The van der Waals surface area contributed by atoms with Crippen LogP contribution in [0, 0.1) is 5.92 Å². The van der Waals surface area contributed by atoms with Gasteiger partial charge in [0.1, 0.15) is 5.60 Å². The van der Waals surface area contributed by atoms with E-state index in [0.717, 1.165) is 0 Å². The van der Waals surface area contributed by atoms with Crippen LogP contribution >= 0.6 is 0 Å². The fourth-order valence-electron chi connectivity index (χ4n) is 1.34. The first-order valence-electron chi connectivity index (χ1n) is 3.98. The van der Waals surface area contributed by atoms with Crippen LogP contribution in [-0.4, -0.2) is 28.2 Å². The average Bonchev–Trinajstić information content (AvgIpc) is 2.14. The lowest BCUT2D eigenvalue weighted by molar-refractivity contribution is -0.165. The van der Waals surface area contributed by atoms with Crippen LogP contribution in [0.15, 0.2) is 0 Å². The highest BCUT2D eigenvalue weighted by Crippen LogP contribution is 2.40. The molecule has 0 aromatic heterocycles. The second-order valence-corrected chi connectivity index (χ2v) is 3.69. The summed E-state index contributed by atoms with van der Waals surface area (Å²) >= 11 is 0. The number of primary amides is 1. The Balaban J connectivity index is 3.17. The molecule has 0 aromatic carbocycles. The first-order valence-corrected chi connectivity index (χ1v) is 3.98. The Bertz CT molecular complexity index is 271. The summed E-state index contributed by atoms with van der Waals surface area (Å²) in [6.45, 7) is 4.18. The molecule has 3 unspecified atom stereocenters. The van der Waals surface area contributed by atoms with Crippen molar-refractivity contribution in [1.29, 1.82) is 0 Å². The van der Waals surface area contributed by atoms with Crippen molar-refractivity contribution in [2.75, 3.05) is 0 Å². The summed E-state index contributed by atoms with van der Waals surface area (Å²) in [6.07, 6.45) is 0. The van der Waals surface area contributed by atoms with Gasteiger partial charge >= 0.3 is 5.97 Å². The summed E-state index contributed by atoms with van der Waals surface area (Å²) in [6, 6.07) is 0. The topological polar surface area (TPSA) is 89.6 Å². The SMILES string of the molecule is CC1C(=O)OC(C)(C(N)=O)C1(C)O. The Hall–Kier alpha value is -1.10. The molecule has 1 rings (SSSR count). The van der Waals surface area contributed by atoms with Gasteiger partial charge in [0.25, 0.3) is 5.91 Å². The molecule has 1 amide bonds. The summed E-state index contributed by atoms with van der Waals surface area (Å²) in [5, 5.41) is 9.88. The fourth-order valence-corrected chi connectivity index (χ4v) is 1.34. The second-order valence-electron chi connectivity index (χ2n) is 3.69. The van der Waals surface area contributed by atoms with Crippen molar-refractivity contribution in [1.82, 2.24) is 0 Å². The Morgan fingerprint density at radius 2 is 2.08 bits per heavy atom. The van der Waals surface area contributed by atoms with E-state index in [1.807, 2.05) is 0 Å². The molecule has 74 valence electrons. The molecule has 1 saturated heterocycles. The van der Waals surface area contributed by atoms with E-state index in [9.17, 15) is 14.7 Å². The van der Waals surface area contributed by atoms with Crippen LogP contribution in [0.3, 0.4) is 0 Å². The number of esters is 1. The molecule has 5 heteroatoms. The Morgan fingerprint density at radius 1 is 1.62 bits per heavy atom. The van der Waals surface area contributed by atoms with Crippen molar-refractivity contribution in [3.8, 4) is 0 Å². The number of cyclic esters (lactones) is 1. The molecule has 0 radical (unpaired) electrons. The van der Waals surface area contributed by atoms with Gasteiger partial charge in [-0.3, -0.25) is 9.59 Å². The first kappa shape index (κ1) is 9.98. The highest BCUT2D eigenvalue weighted by atomic mass is 16.6. The predicted molar refractivity (Wildman–Crippen MR) is 43.5 cm³/mol. The van der Waals surface area contributed by atoms with Gasteiger partial charge in [0, 0.05) is 0 Å². The van der Waals surface area contributed by atoms with E-state index in [4.69, 9.17) is 10.5 Å². The van der Waals surface area contributed by atoms with E-state index >= 15 is 0 Å². The van der Waals surface area contributed by atoms with Gasteiger partial charge in [-0.15, -0.1) is 0 Å². The highest BCUT2D eigenvalue weighted by molar-refractivity contribution is 5.92. The third-order valence-corrected chi connectivity index (χ3v) is 2.94. The molecule has 1 fully saturated rings. The lowest BCUT2D eigenvalue weighted by Gasteiger charge is -2.32. The van der Waals surface area contributed by atoms with E-state index < -0.39 is 29.0 Å². The van der Waals surface area contributed by atoms with Gasteiger partial charge in [0.05, 0.1) is 5.92 Å².